The second-order valence-corrected chi connectivity index (χ2v) is 3.28. The molecule has 0 aromatic carbocycles. The van der Waals surface area contributed by atoms with Crippen molar-refractivity contribution >= 4 is 0 Å². The van der Waals surface area contributed by atoms with E-state index in [-0.39, 0.29) is 0 Å². The van der Waals surface area contributed by atoms with Crippen LogP contribution in [0.3, 0.4) is 0 Å². The highest BCUT2D eigenvalue weighted by atomic mass is 14.8. The highest BCUT2D eigenvalue weighted by Crippen LogP contribution is 1.95. The largest absolute Gasteiger partial charge is 0.346 e. The van der Waals surface area contributed by atoms with Crippen LogP contribution in [0.25, 0.3) is 0 Å². The van der Waals surface area contributed by atoms with Crippen molar-refractivity contribution in [3.63, 3.8) is 0 Å². The number of unbranched alkanes of at least 4 members (excludes halogenated alkanes) is 4. The molecule has 0 radical (unpaired) electrons. The topological polar surface area (TPSA) is 16.6 Å². The average Bonchev–Trinajstić information content (AvgIpc) is 2.03. The minimum atomic E-state index is 1.34. The SMILES string of the molecule is CCCCCC[NH2+]CCCC. The summed E-state index contributed by atoms with van der Waals surface area (Å²) in [6.07, 6.45) is 8.34. The monoisotopic (exact) mass is 158 g/mol. The molecule has 0 atom stereocenters. The van der Waals surface area contributed by atoms with Crippen LogP contribution >= 0.6 is 0 Å². The van der Waals surface area contributed by atoms with E-state index in [1.807, 2.05) is 0 Å². The zero-order chi connectivity index (χ0) is 8.36. The molecule has 0 heterocycles. The molecule has 1 nitrogen and oxygen atoms in total. The van der Waals surface area contributed by atoms with Crippen molar-refractivity contribution in [2.75, 3.05) is 13.1 Å². The maximum absolute atomic E-state index is 2.46. The van der Waals surface area contributed by atoms with Gasteiger partial charge in [0.15, 0.2) is 0 Å². The first kappa shape index (κ1) is 11.0. The van der Waals surface area contributed by atoms with Crippen molar-refractivity contribution in [3.05, 3.63) is 0 Å². The third kappa shape index (κ3) is 9.96. The van der Waals surface area contributed by atoms with Gasteiger partial charge in [-0.1, -0.05) is 33.1 Å². The van der Waals surface area contributed by atoms with Crippen LogP contribution in [-0.2, 0) is 0 Å². The molecular formula is C10H24N+. The Kier molecular flexibility index (Phi) is 9.92. The van der Waals surface area contributed by atoms with Crippen molar-refractivity contribution in [2.24, 2.45) is 0 Å². The summed E-state index contributed by atoms with van der Waals surface area (Å²) in [6, 6.07) is 0. The van der Waals surface area contributed by atoms with E-state index in [2.05, 4.69) is 19.2 Å². The highest BCUT2D eigenvalue weighted by molar-refractivity contribution is 4.36. The molecule has 2 N–H and O–H groups in total. The summed E-state index contributed by atoms with van der Waals surface area (Å²) in [6.45, 7) is 7.20. The molecule has 1 heteroatoms. The van der Waals surface area contributed by atoms with E-state index in [4.69, 9.17) is 0 Å². The van der Waals surface area contributed by atoms with Gasteiger partial charge in [0.25, 0.3) is 0 Å². The molecule has 0 amide bonds. The molecule has 0 saturated carbocycles. The Balaban J connectivity index is 2.69. The van der Waals surface area contributed by atoms with Crippen LogP contribution in [0, 0.1) is 0 Å². The van der Waals surface area contributed by atoms with Gasteiger partial charge in [0.05, 0.1) is 13.1 Å². The van der Waals surface area contributed by atoms with E-state index in [0.29, 0.717) is 0 Å². The fraction of sp³-hybridized carbons (Fsp3) is 1.00. The molecule has 11 heavy (non-hydrogen) atoms. The highest BCUT2D eigenvalue weighted by Gasteiger charge is 1.90. The zero-order valence-corrected chi connectivity index (χ0v) is 8.23. The van der Waals surface area contributed by atoms with Gasteiger partial charge in [-0.05, 0) is 19.3 Å². The van der Waals surface area contributed by atoms with Crippen molar-refractivity contribution < 1.29 is 5.32 Å². The summed E-state index contributed by atoms with van der Waals surface area (Å²) in [5.41, 5.74) is 0. The lowest BCUT2D eigenvalue weighted by atomic mass is 10.2. The van der Waals surface area contributed by atoms with Gasteiger partial charge < -0.3 is 5.32 Å². The Labute approximate surface area is 71.6 Å². The van der Waals surface area contributed by atoms with Gasteiger partial charge in [0, 0.05) is 0 Å². The molecule has 0 aromatic heterocycles. The third-order valence-electron chi connectivity index (χ3n) is 2.02. The summed E-state index contributed by atoms with van der Waals surface area (Å²) in [7, 11) is 0. The Bertz CT molecular complexity index is 53.9. The van der Waals surface area contributed by atoms with Gasteiger partial charge in [-0.15, -0.1) is 0 Å². The van der Waals surface area contributed by atoms with Crippen LogP contribution in [0.2, 0.25) is 0 Å². The van der Waals surface area contributed by atoms with E-state index < -0.39 is 0 Å². The predicted octanol–water partition coefficient (Wildman–Crippen LogP) is 1.93. The standard InChI is InChI=1S/C10H23N/c1-3-5-7-8-10-11-9-6-4-2/h11H,3-10H2,1-2H3/p+1. The molecule has 0 fully saturated rings. The maximum atomic E-state index is 2.46. The molecule has 0 spiro atoms. The van der Waals surface area contributed by atoms with Crippen molar-refractivity contribution in [3.8, 4) is 0 Å². The molecule has 0 saturated heterocycles. The van der Waals surface area contributed by atoms with E-state index in [1.165, 1.54) is 51.6 Å². The second kappa shape index (κ2) is 9.96. The van der Waals surface area contributed by atoms with Crippen LogP contribution in [0.4, 0.5) is 0 Å². The Hall–Kier alpha value is -0.0400. The molecule has 0 aromatic rings. The predicted molar refractivity (Wildman–Crippen MR) is 50.7 cm³/mol. The number of quaternary nitrogens is 1. The minimum Gasteiger partial charge on any atom is -0.346 e. The van der Waals surface area contributed by atoms with Gasteiger partial charge >= 0.3 is 0 Å². The quantitative estimate of drug-likeness (QED) is 0.520. The molecule has 0 unspecified atom stereocenters. The second-order valence-electron chi connectivity index (χ2n) is 3.28. The van der Waals surface area contributed by atoms with Crippen LogP contribution in [0.15, 0.2) is 0 Å². The molecule has 68 valence electrons. The summed E-state index contributed by atoms with van der Waals surface area (Å²) in [5, 5.41) is 2.46. The fourth-order valence-electron chi connectivity index (χ4n) is 1.21. The van der Waals surface area contributed by atoms with Crippen molar-refractivity contribution in [2.45, 2.75) is 52.4 Å². The van der Waals surface area contributed by atoms with E-state index >= 15 is 0 Å². The minimum absolute atomic E-state index is 1.34. The van der Waals surface area contributed by atoms with Crippen LogP contribution in [-0.4, -0.2) is 13.1 Å². The fourth-order valence-corrected chi connectivity index (χ4v) is 1.21. The first-order valence-electron chi connectivity index (χ1n) is 5.23. The summed E-state index contributed by atoms with van der Waals surface area (Å²) < 4.78 is 0. The van der Waals surface area contributed by atoms with Gasteiger partial charge in [-0.3, -0.25) is 0 Å². The van der Waals surface area contributed by atoms with E-state index in [0.717, 1.165) is 0 Å². The average molecular weight is 158 g/mol. The summed E-state index contributed by atoms with van der Waals surface area (Å²) in [5.74, 6) is 0. The van der Waals surface area contributed by atoms with E-state index in [9.17, 15) is 0 Å². The van der Waals surface area contributed by atoms with E-state index in [1.54, 1.807) is 0 Å². The zero-order valence-electron chi connectivity index (χ0n) is 8.23. The van der Waals surface area contributed by atoms with Crippen LogP contribution < -0.4 is 5.32 Å². The lowest BCUT2D eigenvalue weighted by Crippen LogP contribution is -2.84. The van der Waals surface area contributed by atoms with Gasteiger partial charge in [0.1, 0.15) is 0 Å². The molecule has 0 bridgehead atoms. The smallest absolute Gasteiger partial charge is 0.0755 e. The molecule has 0 aliphatic carbocycles. The molecule has 0 aliphatic rings. The Morgan fingerprint density at radius 1 is 0.727 bits per heavy atom. The number of nitrogens with two attached hydrogens (primary N) is 1. The first-order chi connectivity index (χ1) is 5.41. The van der Waals surface area contributed by atoms with Crippen molar-refractivity contribution in [1.29, 1.82) is 0 Å². The van der Waals surface area contributed by atoms with Gasteiger partial charge in [-0.2, -0.15) is 0 Å². The molecular weight excluding hydrogens is 134 g/mol. The number of hydrogen-bond donors (Lipinski definition) is 1. The summed E-state index contributed by atoms with van der Waals surface area (Å²) in [4.78, 5) is 0. The third-order valence-corrected chi connectivity index (χ3v) is 2.02. The number of rotatable bonds is 8. The first-order valence-corrected chi connectivity index (χ1v) is 5.23. The normalized spacial score (nSPS) is 10.4. The molecule has 0 rings (SSSR count). The lowest BCUT2D eigenvalue weighted by molar-refractivity contribution is -0.655. The Morgan fingerprint density at radius 3 is 2.00 bits per heavy atom. The van der Waals surface area contributed by atoms with Gasteiger partial charge in [-0.25, -0.2) is 0 Å². The Morgan fingerprint density at radius 2 is 1.36 bits per heavy atom. The molecule has 0 aliphatic heterocycles. The lowest BCUT2D eigenvalue weighted by Gasteiger charge is -1.99. The summed E-state index contributed by atoms with van der Waals surface area (Å²) >= 11 is 0. The van der Waals surface area contributed by atoms with Gasteiger partial charge in [0.2, 0.25) is 0 Å². The number of hydrogen-bond acceptors (Lipinski definition) is 0. The maximum Gasteiger partial charge on any atom is 0.0755 e. The van der Waals surface area contributed by atoms with Crippen LogP contribution in [0.1, 0.15) is 52.4 Å². The van der Waals surface area contributed by atoms with Crippen molar-refractivity contribution in [1.82, 2.24) is 0 Å². The van der Waals surface area contributed by atoms with Crippen LogP contribution in [0.5, 0.6) is 0 Å².